The Hall–Kier alpha value is -2.16. The number of unbranched alkanes of at least 4 members (excludes halogenated alkanes) is 1. The molecule has 2 amide bonds. The van der Waals surface area contributed by atoms with Gasteiger partial charge in [0.1, 0.15) is 18.2 Å². The highest BCUT2D eigenvalue weighted by molar-refractivity contribution is 5.74. The molecule has 0 spiro atoms. The topological polar surface area (TPSA) is 83.1 Å². The summed E-state index contributed by atoms with van der Waals surface area (Å²) in [5.41, 5.74) is -0.919. The van der Waals surface area contributed by atoms with Crippen molar-refractivity contribution in [3.8, 4) is 5.75 Å². The predicted molar refractivity (Wildman–Crippen MR) is 146 cm³/mol. The summed E-state index contributed by atoms with van der Waals surface area (Å²) >= 11 is 0. The number of benzene rings is 1. The Labute approximate surface area is 222 Å². The second kappa shape index (κ2) is 15.9. The van der Waals surface area contributed by atoms with Crippen LogP contribution in [-0.4, -0.2) is 68.6 Å². The minimum atomic E-state index is -1.36. The van der Waals surface area contributed by atoms with Gasteiger partial charge in [0.25, 0.3) is 0 Å². The van der Waals surface area contributed by atoms with Gasteiger partial charge < -0.3 is 30.1 Å². The molecule has 1 heterocycles. The van der Waals surface area contributed by atoms with Gasteiger partial charge in [-0.1, -0.05) is 26.5 Å². The molecule has 1 fully saturated rings. The number of amides is 2. The SMILES string of the molecule is C=CCOc1ccc(F)cc1C(O)(CCCCOCC)[C@@H]1CCCN(C(=O)N[C@H](CNC)CC(C)C)C1. The molecule has 1 saturated heterocycles. The van der Waals surface area contributed by atoms with Crippen LogP contribution in [-0.2, 0) is 10.3 Å². The molecular weight excluding hydrogens is 473 g/mol. The highest BCUT2D eigenvalue weighted by Crippen LogP contribution is 2.43. The Bertz CT molecular complexity index is 837. The van der Waals surface area contributed by atoms with E-state index < -0.39 is 11.4 Å². The van der Waals surface area contributed by atoms with Crippen molar-refractivity contribution in [1.29, 1.82) is 0 Å². The number of likely N-dealkylation sites (N-methyl/N-ethyl adjacent to an activating group) is 1. The summed E-state index contributed by atoms with van der Waals surface area (Å²) in [7, 11) is 1.88. The van der Waals surface area contributed by atoms with Gasteiger partial charge in [-0.15, -0.1) is 0 Å². The molecule has 0 aliphatic carbocycles. The predicted octanol–water partition coefficient (Wildman–Crippen LogP) is 4.84. The van der Waals surface area contributed by atoms with Crippen LogP contribution in [0, 0.1) is 17.7 Å². The highest BCUT2D eigenvalue weighted by atomic mass is 19.1. The van der Waals surface area contributed by atoms with E-state index in [1.165, 1.54) is 12.1 Å². The average molecular weight is 522 g/mol. The van der Waals surface area contributed by atoms with Crippen molar-refractivity contribution in [1.82, 2.24) is 15.5 Å². The lowest BCUT2D eigenvalue weighted by Crippen LogP contribution is -2.54. The van der Waals surface area contributed by atoms with Crippen molar-refractivity contribution in [3.05, 3.63) is 42.2 Å². The van der Waals surface area contributed by atoms with Gasteiger partial charge in [0, 0.05) is 50.4 Å². The minimum absolute atomic E-state index is 0.0254. The van der Waals surface area contributed by atoms with E-state index in [2.05, 4.69) is 31.1 Å². The third-order valence-electron chi connectivity index (χ3n) is 6.98. The quantitative estimate of drug-likeness (QED) is 0.214. The van der Waals surface area contributed by atoms with Gasteiger partial charge >= 0.3 is 6.03 Å². The summed E-state index contributed by atoms with van der Waals surface area (Å²) in [5.74, 6) is 0.209. The molecule has 0 radical (unpaired) electrons. The van der Waals surface area contributed by atoms with Crippen molar-refractivity contribution in [2.45, 2.75) is 70.9 Å². The Morgan fingerprint density at radius 2 is 2.16 bits per heavy atom. The first-order valence-electron chi connectivity index (χ1n) is 13.8. The number of halogens is 1. The molecule has 0 aromatic heterocycles. The number of aliphatic hydroxyl groups is 1. The van der Waals surface area contributed by atoms with E-state index in [4.69, 9.17) is 9.47 Å². The molecule has 210 valence electrons. The smallest absolute Gasteiger partial charge is 0.317 e. The van der Waals surface area contributed by atoms with Crippen LogP contribution in [0.2, 0.25) is 0 Å². The number of hydrogen-bond donors (Lipinski definition) is 3. The Morgan fingerprint density at radius 1 is 1.38 bits per heavy atom. The first-order chi connectivity index (χ1) is 17.7. The van der Waals surface area contributed by atoms with Crippen LogP contribution in [0.25, 0.3) is 0 Å². The van der Waals surface area contributed by atoms with Gasteiger partial charge in [-0.2, -0.15) is 0 Å². The third-order valence-corrected chi connectivity index (χ3v) is 6.98. The van der Waals surface area contributed by atoms with Crippen LogP contribution < -0.4 is 15.4 Å². The van der Waals surface area contributed by atoms with Gasteiger partial charge in [-0.3, -0.25) is 0 Å². The summed E-state index contributed by atoms with van der Waals surface area (Å²) in [6.45, 7) is 13.2. The molecule has 3 atom stereocenters. The lowest BCUT2D eigenvalue weighted by atomic mass is 9.73. The van der Waals surface area contributed by atoms with E-state index in [0.29, 0.717) is 62.9 Å². The number of piperidine rings is 1. The van der Waals surface area contributed by atoms with Gasteiger partial charge in [0.15, 0.2) is 0 Å². The number of carbonyl (C=O) groups is 1. The normalized spacial score (nSPS) is 18.4. The molecule has 1 aliphatic rings. The summed E-state index contributed by atoms with van der Waals surface area (Å²) in [4.78, 5) is 15.1. The Kier molecular flexibility index (Phi) is 13.4. The molecule has 7 nitrogen and oxygen atoms in total. The number of ether oxygens (including phenoxy) is 2. The van der Waals surface area contributed by atoms with Crippen molar-refractivity contribution < 1.29 is 23.8 Å². The van der Waals surface area contributed by atoms with Gasteiger partial charge in [0.2, 0.25) is 0 Å². The fraction of sp³-hybridized carbons (Fsp3) is 0.690. The van der Waals surface area contributed by atoms with E-state index in [-0.39, 0.29) is 24.6 Å². The highest BCUT2D eigenvalue weighted by Gasteiger charge is 2.43. The number of rotatable bonds is 16. The van der Waals surface area contributed by atoms with Crippen molar-refractivity contribution in [3.63, 3.8) is 0 Å². The number of nitrogens with zero attached hydrogens (tertiary/aromatic N) is 1. The first kappa shape index (κ1) is 31.1. The zero-order valence-corrected chi connectivity index (χ0v) is 23.2. The molecule has 1 aliphatic heterocycles. The molecule has 3 N–H and O–H groups in total. The molecule has 1 unspecified atom stereocenters. The Balaban J connectivity index is 2.29. The van der Waals surface area contributed by atoms with E-state index in [1.807, 2.05) is 14.0 Å². The second-order valence-electron chi connectivity index (χ2n) is 10.4. The molecule has 8 heteroatoms. The minimum Gasteiger partial charge on any atom is -0.489 e. The molecule has 1 aromatic rings. The molecule has 37 heavy (non-hydrogen) atoms. The van der Waals surface area contributed by atoms with Crippen molar-refractivity contribution in [2.75, 3.05) is 46.5 Å². The van der Waals surface area contributed by atoms with E-state index >= 15 is 0 Å². The number of nitrogens with one attached hydrogen (secondary N) is 2. The fourth-order valence-corrected chi connectivity index (χ4v) is 5.24. The maximum Gasteiger partial charge on any atom is 0.317 e. The summed E-state index contributed by atoms with van der Waals surface area (Å²) in [5, 5.41) is 18.6. The van der Waals surface area contributed by atoms with E-state index in [0.717, 1.165) is 25.7 Å². The number of urea groups is 1. The summed E-state index contributed by atoms with van der Waals surface area (Å²) in [6, 6.07) is 4.20. The van der Waals surface area contributed by atoms with Crippen LogP contribution >= 0.6 is 0 Å². The molecule has 0 saturated carbocycles. The van der Waals surface area contributed by atoms with Gasteiger partial charge in [-0.25, -0.2) is 9.18 Å². The zero-order valence-electron chi connectivity index (χ0n) is 23.2. The number of hydrogen-bond acceptors (Lipinski definition) is 5. The average Bonchev–Trinajstić information content (AvgIpc) is 2.87. The van der Waals surface area contributed by atoms with Crippen LogP contribution in [0.15, 0.2) is 30.9 Å². The maximum absolute atomic E-state index is 14.5. The second-order valence-corrected chi connectivity index (χ2v) is 10.4. The molecular formula is C29H48FN3O4. The van der Waals surface area contributed by atoms with Crippen LogP contribution in [0.5, 0.6) is 5.75 Å². The van der Waals surface area contributed by atoms with Crippen LogP contribution in [0.3, 0.4) is 0 Å². The van der Waals surface area contributed by atoms with Gasteiger partial charge in [0.05, 0.1) is 5.60 Å². The number of carbonyl (C=O) groups excluding carboxylic acids is 1. The monoisotopic (exact) mass is 521 g/mol. The van der Waals surface area contributed by atoms with Crippen LogP contribution in [0.4, 0.5) is 9.18 Å². The van der Waals surface area contributed by atoms with E-state index in [9.17, 15) is 14.3 Å². The van der Waals surface area contributed by atoms with Crippen molar-refractivity contribution in [2.24, 2.45) is 11.8 Å². The lowest BCUT2D eigenvalue weighted by molar-refractivity contribution is -0.0582. The summed E-state index contributed by atoms with van der Waals surface area (Å²) in [6.07, 6.45) is 5.90. The standard InChI is InChI=1S/C29H48FN3O4/c1-6-16-37-27-13-12-24(30)19-26(27)29(35,14-8-9-17-36-7-2)23-11-10-15-33(21-23)28(34)32-25(20-31-5)18-22(3)4/h6,12-13,19,22-23,25,31,35H,1,7-11,14-18,20-21H2,2-5H3,(H,32,34)/t23-,25+,29?/m1/s1. The van der Waals surface area contributed by atoms with Gasteiger partial charge in [-0.05, 0) is 76.6 Å². The van der Waals surface area contributed by atoms with Crippen LogP contribution in [0.1, 0.15) is 64.9 Å². The largest absolute Gasteiger partial charge is 0.489 e. The fourth-order valence-electron chi connectivity index (χ4n) is 5.24. The summed E-state index contributed by atoms with van der Waals surface area (Å²) < 4.78 is 25.8. The first-order valence-corrected chi connectivity index (χ1v) is 13.8. The zero-order chi connectivity index (χ0) is 27.3. The van der Waals surface area contributed by atoms with E-state index in [1.54, 1.807) is 17.0 Å². The molecule has 2 rings (SSSR count). The maximum atomic E-state index is 14.5. The molecule has 1 aromatic carbocycles. The third kappa shape index (κ3) is 9.58. The van der Waals surface area contributed by atoms with Crippen molar-refractivity contribution >= 4 is 6.03 Å². The Morgan fingerprint density at radius 3 is 2.84 bits per heavy atom. The number of likely N-dealkylation sites (tertiary alicyclic amines) is 1. The molecule has 0 bridgehead atoms. The lowest BCUT2D eigenvalue weighted by Gasteiger charge is -2.43.